The van der Waals surface area contributed by atoms with Crippen molar-refractivity contribution in [1.82, 2.24) is 5.32 Å². The summed E-state index contributed by atoms with van der Waals surface area (Å²) in [5.41, 5.74) is 0. The minimum absolute atomic E-state index is 0.0626. The Labute approximate surface area is 95.8 Å². The van der Waals surface area contributed by atoms with Gasteiger partial charge >= 0.3 is 0 Å². The molecule has 1 saturated carbocycles. The third-order valence-corrected chi connectivity index (χ3v) is 4.20. The van der Waals surface area contributed by atoms with Gasteiger partial charge in [0, 0.05) is 6.54 Å². The monoisotopic (exact) mass is 273 g/mol. The molecule has 0 radical (unpaired) electrons. The second-order valence-electron chi connectivity index (χ2n) is 3.61. The molecule has 0 saturated heterocycles. The van der Waals surface area contributed by atoms with Gasteiger partial charge in [-0.1, -0.05) is 6.42 Å². The molecule has 0 unspecified atom stereocenters. The van der Waals surface area contributed by atoms with E-state index in [1.807, 2.05) is 12.1 Å². The molecule has 0 aromatic carbocycles. The molecule has 1 fully saturated rings. The fourth-order valence-corrected chi connectivity index (χ4v) is 2.76. The first-order valence-electron chi connectivity index (χ1n) is 4.79. The largest absolute Gasteiger partial charge is 0.351 e. The van der Waals surface area contributed by atoms with Crippen LogP contribution in [0.25, 0.3) is 0 Å². The molecule has 1 aliphatic carbocycles. The highest BCUT2D eigenvalue weighted by Crippen LogP contribution is 2.26. The molecule has 0 aliphatic heterocycles. The van der Waals surface area contributed by atoms with Gasteiger partial charge < -0.3 is 5.32 Å². The van der Waals surface area contributed by atoms with E-state index in [0.29, 0.717) is 0 Å². The molecule has 2 rings (SSSR count). The van der Waals surface area contributed by atoms with E-state index in [1.165, 1.54) is 30.6 Å². The number of nitrogens with one attached hydrogen (secondary N) is 1. The molecule has 14 heavy (non-hydrogen) atoms. The Hall–Kier alpha value is -0.350. The average Bonchev–Trinajstić information content (AvgIpc) is 2.49. The molecule has 1 aromatic rings. The summed E-state index contributed by atoms with van der Waals surface area (Å²) in [5, 5.41) is 2.96. The second-order valence-corrected chi connectivity index (χ2v) is 6.07. The summed E-state index contributed by atoms with van der Waals surface area (Å²) in [7, 11) is 0. The first-order valence-corrected chi connectivity index (χ1v) is 6.40. The van der Waals surface area contributed by atoms with E-state index in [4.69, 9.17) is 0 Å². The molecule has 0 spiro atoms. The van der Waals surface area contributed by atoms with Crippen LogP contribution < -0.4 is 5.32 Å². The lowest BCUT2D eigenvalue weighted by atomic mass is 9.85. The lowest BCUT2D eigenvalue weighted by Gasteiger charge is -2.25. The number of rotatable bonds is 3. The first-order chi connectivity index (χ1) is 6.75. The molecule has 0 atom stereocenters. The number of amides is 1. The third kappa shape index (κ3) is 2.36. The maximum absolute atomic E-state index is 11.6. The van der Waals surface area contributed by atoms with Gasteiger partial charge in [0.1, 0.15) is 0 Å². The minimum Gasteiger partial charge on any atom is -0.351 e. The summed E-state index contributed by atoms with van der Waals surface area (Å²) in [5.74, 6) is 0.787. The van der Waals surface area contributed by atoms with E-state index in [1.54, 1.807) is 0 Å². The van der Waals surface area contributed by atoms with Crippen LogP contribution >= 0.6 is 27.3 Å². The van der Waals surface area contributed by atoms with Crippen LogP contribution in [0.15, 0.2) is 15.9 Å². The average molecular weight is 274 g/mol. The van der Waals surface area contributed by atoms with Gasteiger partial charge in [-0.05, 0) is 46.8 Å². The van der Waals surface area contributed by atoms with Crippen molar-refractivity contribution >= 4 is 33.2 Å². The number of thiophene rings is 1. The molecular formula is C10H12BrNOS. The van der Waals surface area contributed by atoms with Crippen LogP contribution in [0.5, 0.6) is 0 Å². The van der Waals surface area contributed by atoms with Gasteiger partial charge in [0.25, 0.3) is 5.91 Å². The molecule has 1 amide bonds. The van der Waals surface area contributed by atoms with Gasteiger partial charge in [0.15, 0.2) is 0 Å². The van der Waals surface area contributed by atoms with Crippen molar-refractivity contribution in [3.63, 3.8) is 0 Å². The molecule has 1 aromatic heterocycles. The normalized spacial score (nSPS) is 16.4. The van der Waals surface area contributed by atoms with Crippen LogP contribution in [0.3, 0.4) is 0 Å². The summed E-state index contributed by atoms with van der Waals surface area (Å²) < 4.78 is 1.01. The second kappa shape index (κ2) is 4.45. The lowest BCUT2D eigenvalue weighted by molar-refractivity contribution is 0.0943. The molecule has 1 N–H and O–H groups in total. The van der Waals surface area contributed by atoms with Crippen molar-refractivity contribution < 1.29 is 4.79 Å². The highest BCUT2D eigenvalue weighted by atomic mass is 79.9. The third-order valence-electron chi connectivity index (χ3n) is 2.57. The van der Waals surface area contributed by atoms with Crippen molar-refractivity contribution in [2.45, 2.75) is 19.3 Å². The lowest BCUT2D eigenvalue weighted by Crippen LogP contribution is -2.31. The van der Waals surface area contributed by atoms with Gasteiger partial charge in [-0.25, -0.2) is 0 Å². The highest BCUT2D eigenvalue weighted by Gasteiger charge is 2.18. The quantitative estimate of drug-likeness (QED) is 0.901. The fourth-order valence-electron chi connectivity index (χ4n) is 1.46. The van der Waals surface area contributed by atoms with Crippen molar-refractivity contribution in [2.24, 2.45) is 5.92 Å². The standard InChI is InChI=1S/C10H12BrNOS/c11-9-5-4-8(14-9)10(13)12-6-7-2-1-3-7/h4-5,7H,1-3,6H2,(H,12,13). The van der Waals surface area contributed by atoms with Crippen LogP contribution in [0.4, 0.5) is 0 Å². The number of carbonyl (C=O) groups excluding carboxylic acids is 1. The van der Waals surface area contributed by atoms with E-state index in [2.05, 4.69) is 21.2 Å². The number of hydrogen-bond acceptors (Lipinski definition) is 2. The summed E-state index contributed by atoms with van der Waals surface area (Å²) in [6.45, 7) is 0.842. The van der Waals surface area contributed by atoms with Gasteiger partial charge in [-0.3, -0.25) is 4.79 Å². The van der Waals surface area contributed by atoms with Gasteiger partial charge in [0.2, 0.25) is 0 Å². The van der Waals surface area contributed by atoms with Crippen LogP contribution in [-0.4, -0.2) is 12.5 Å². The van der Waals surface area contributed by atoms with Crippen molar-refractivity contribution in [2.75, 3.05) is 6.54 Å². The molecule has 76 valence electrons. The van der Waals surface area contributed by atoms with Crippen molar-refractivity contribution in [3.05, 3.63) is 20.8 Å². The molecule has 4 heteroatoms. The zero-order chi connectivity index (χ0) is 9.97. The SMILES string of the molecule is O=C(NCC1CCC1)c1ccc(Br)s1. The van der Waals surface area contributed by atoms with Gasteiger partial charge in [-0.15, -0.1) is 11.3 Å². The Bertz CT molecular complexity index is 333. The number of hydrogen-bond donors (Lipinski definition) is 1. The van der Waals surface area contributed by atoms with Crippen LogP contribution in [0.2, 0.25) is 0 Å². The van der Waals surface area contributed by atoms with Crippen LogP contribution in [0, 0.1) is 5.92 Å². The molecular weight excluding hydrogens is 262 g/mol. The summed E-state index contributed by atoms with van der Waals surface area (Å²) in [6, 6.07) is 3.76. The van der Waals surface area contributed by atoms with Crippen LogP contribution in [-0.2, 0) is 0 Å². The summed E-state index contributed by atoms with van der Waals surface area (Å²) >= 11 is 4.82. The fraction of sp³-hybridized carbons (Fsp3) is 0.500. The number of halogens is 1. The topological polar surface area (TPSA) is 29.1 Å². The first kappa shape index (κ1) is 10.2. The van der Waals surface area contributed by atoms with E-state index < -0.39 is 0 Å². The Morgan fingerprint density at radius 2 is 2.36 bits per heavy atom. The van der Waals surface area contributed by atoms with E-state index in [-0.39, 0.29) is 5.91 Å². The smallest absolute Gasteiger partial charge is 0.261 e. The number of carbonyl (C=O) groups is 1. The Morgan fingerprint density at radius 1 is 1.57 bits per heavy atom. The van der Waals surface area contributed by atoms with E-state index in [9.17, 15) is 4.79 Å². The maximum atomic E-state index is 11.6. The zero-order valence-electron chi connectivity index (χ0n) is 7.75. The van der Waals surface area contributed by atoms with Gasteiger partial charge in [-0.2, -0.15) is 0 Å². The molecule has 0 bridgehead atoms. The Kier molecular flexibility index (Phi) is 3.23. The van der Waals surface area contributed by atoms with E-state index >= 15 is 0 Å². The minimum atomic E-state index is 0.0626. The van der Waals surface area contributed by atoms with Crippen LogP contribution in [0.1, 0.15) is 28.9 Å². The van der Waals surface area contributed by atoms with E-state index in [0.717, 1.165) is 21.1 Å². The molecule has 1 heterocycles. The van der Waals surface area contributed by atoms with Crippen molar-refractivity contribution in [1.29, 1.82) is 0 Å². The predicted molar refractivity (Wildman–Crippen MR) is 61.7 cm³/mol. The molecule has 2 nitrogen and oxygen atoms in total. The maximum Gasteiger partial charge on any atom is 0.261 e. The Balaban J connectivity index is 1.82. The molecule has 1 aliphatic rings. The van der Waals surface area contributed by atoms with Crippen molar-refractivity contribution in [3.8, 4) is 0 Å². The predicted octanol–water partition coefficient (Wildman–Crippen LogP) is 3.04. The Morgan fingerprint density at radius 3 is 2.86 bits per heavy atom. The summed E-state index contributed by atoms with van der Waals surface area (Å²) in [6.07, 6.45) is 3.87. The van der Waals surface area contributed by atoms with Gasteiger partial charge in [0.05, 0.1) is 8.66 Å². The zero-order valence-corrected chi connectivity index (χ0v) is 10.2. The summed E-state index contributed by atoms with van der Waals surface area (Å²) in [4.78, 5) is 12.4. The highest BCUT2D eigenvalue weighted by molar-refractivity contribution is 9.11.